The number of nitrogens with one attached hydrogen (secondary N) is 1. The molecule has 0 aromatic heterocycles. The highest BCUT2D eigenvalue weighted by molar-refractivity contribution is 5.27. The molecular formula is C17H28FN. The number of hydrogen-bond acceptors (Lipinski definition) is 1. The smallest absolute Gasteiger partial charge is 0.123 e. The maximum Gasteiger partial charge on any atom is 0.123 e. The van der Waals surface area contributed by atoms with Crippen LogP contribution in [-0.2, 0) is 6.42 Å². The molecule has 0 aliphatic carbocycles. The minimum absolute atomic E-state index is 0.131. The van der Waals surface area contributed by atoms with E-state index in [9.17, 15) is 4.39 Å². The molecule has 0 aliphatic heterocycles. The first-order chi connectivity index (χ1) is 8.89. The van der Waals surface area contributed by atoms with Gasteiger partial charge in [-0.2, -0.15) is 0 Å². The first kappa shape index (κ1) is 16.2. The van der Waals surface area contributed by atoms with Gasteiger partial charge in [0.2, 0.25) is 0 Å². The molecule has 1 N–H and O–H groups in total. The van der Waals surface area contributed by atoms with Gasteiger partial charge in [0.1, 0.15) is 5.82 Å². The Morgan fingerprint density at radius 1 is 1.32 bits per heavy atom. The lowest BCUT2D eigenvalue weighted by Crippen LogP contribution is -2.38. The van der Waals surface area contributed by atoms with Gasteiger partial charge in [-0.15, -0.1) is 0 Å². The second-order valence-corrected chi connectivity index (χ2v) is 6.23. The fraction of sp³-hybridized carbons (Fsp3) is 0.647. The van der Waals surface area contributed by atoms with Crippen molar-refractivity contribution < 1.29 is 4.39 Å². The van der Waals surface area contributed by atoms with Crippen molar-refractivity contribution in [2.24, 2.45) is 11.3 Å². The van der Waals surface area contributed by atoms with E-state index in [1.54, 1.807) is 12.1 Å². The Bertz CT molecular complexity index is 400. The number of benzene rings is 1. The summed E-state index contributed by atoms with van der Waals surface area (Å²) in [7, 11) is 0. The van der Waals surface area contributed by atoms with Crippen LogP contribution < -0.4 is 5.32 Å². The van der Waals surface area contributed by atoms with Crippen LogP contribution in [0.15, 0.2) is 18.2 Å². The molecule has 0 saturated carbocycles. The summed E-state index contributed by atoms with van der Waals surface area (Å²) in [5.74, 6) is 0.424. The zero-order valence-corrected chi connectivity index (χ0v) is 13.0. The van der Waals surface area contributed by atoms with E-state index in [2.05, 4.69) is 39.9 Å². The largest absolute Gasteiger partial charge is 0.316 e. The summed E-state index contributed by atoms with van der Waals surface area (Å²) in [5.41, 5.74) is 2.48. The number of halogens is 1. The normalized spacial score (nSPS) is 14.7. The summed E-state index contributed by atoms with van der Waals surface area (Å²) in [6.07, 6.45) is 2.07. The Kier molecular flexibility index (Phi) is 5.99. The van der Waals surface area contributed by atoms with Crippen molar-refractivity contribution >= 4 is 0 Å². The van der Waals surface area contributed by atoms with Crippen LogP contribution in [0.1, 0.15) is 45.2 Å². The maximum atomic E-state index is 13.4. The van der Waals surface area contributed by atoms with E-state index >= 15 is 0 Å². The third-order valence-electron chi connectivity index (χ3n) is 4.25. The van der Waals surface area contributed by atoms with Crippen LogP contribution in [0, 0.1) is 24.1 Å². The summed E-state index contributed by atoms with van der Waals surface area (Å²) in [4.78, 5) is 0. The molecule has 1 aromatic carbocycles. The van der Waals surface area contributed by atoms with E-state index in [1.807, 2.05) is 6.07 Å². The highest BCUT2D eigenvalue weighted by atomic mass is 19.1. The molecule has 0 heterocycles. The zero-order valence-electron chi connectivity index (χ0n) is 13.0. The molecule has 1 unspecified atom stereocenters. The number of aryl methyl sites for hydroxylation is 1. The molecule has 0 saturated heterocycles. The summed E-state index contributed by atoms with van der Waals surface area (Å²) in [5, 5.41) is 3.52. The summed E-state index contributed by atoms with van der Waals surface area (Å²) < 4.78 is 13.4. The summed E-state index contributed by atoms with van der Waals surface area (Å²) >= 11 is 0. The second-order valence-electron chi connectivity index (χ2n) is 6.23. The first-order valence-electron chi connectivity index (χ1n) is 7.35. The average Bonchev–Trinajstić information content (AvgIpc) is 2.34. The molecule has 0 aliphatic rings. The quantitative estimate of drug-likeness (QED) is 0.723. The molecule has 19 heavy (non-hydrogen) atoms. The molecule has 2 heteroatoms. The van der Waals surface area contributed by atoms with E-state index in [-0.39, 0.29) is 11.2 Å². The van der Waals surface area contributed by atoms with Crippen LogP contribution in [0.4, 0.5) is 4.39 Å². The van der Waals surface area contributed by atoms with Gasteiger partial charge in [0.25, 0.3) is 0 Å². The van der Waals surface area contributed by atoms with Crippen LogP contribution >= 0.6 is 0 Å². The van der Waals surface area contributed by atoms with Crippen LogP contribution in [0.3, 0.4) is 0 Å². The minimum Gasteiger partial charge on any atom is -0.316 e. The number of rotatable bonds is 7. The van der Waals surface area contributed by atoms with E-state index in [0.717, 1.165) is 31.5 Å². The molecule has 0 radical (unpaired) electrons. The van der Waals surface area contributed by atoms with Gasteiger partial charge < -0.3 is 5.32 Å². The number of hydrogen-bond donors (Lipinski definition) is 1. The van der Waals surface area contributed by atoms with Crippen LogP contribution in [-0.4, -0.2) is 13.1 Å². The van der Waals surface area contributed by atoms with Gasteiger partial charge in [-0.3, -0.25) is 0 Å². The molecule has 108 valence electrons. The van der Waals surface area contributed by atoms with Crippen molar-refractivity contribution in [2.75, 3.05) is 13.1 Å². The molecule has 0 spiro atoms. The Morgan fingerprint density at radius 3 is 2.58 bits per heavy atom. The minimum atomic E-state index is -0.131. The van der Waals surface area contributed by atoms with Crippen molar-refractivity contribution in [1.82, 2.24) is 5.32 Å². The van der Waals surface area contributed by atoms with Crippen LogP contribution in [0.25, 0.3) is 0 Å². The summed E-state index contributed by atoms with van der Waals surface area (Å²) in [6.45, 7) is 13.1. The van der Waals surface area contributed by atoms with Crippen molar-refractivity contribution in [3.05, 3.63) is 35.1 Å². The molecule has 1 nitrogen and oxygen atoms in total. The van der Waals surface area contributed by atoms with Gasteiger partial charge in [0, 0.05) is 6.54 Å². The Balaban J connectivity index is 2.85. The van der Waals surface area contributed by atoms with Crippen LogP contribution in [0.2, 0.25) is 0 Å². The predicted octanol–water partition coefficient (Wildman–Crippen LogP) is 4.34. The van der Waals surface area contributed by atoms with Gasteiger partial charge >= 0.3 is 0 Å². The van der Waals surface area contributed by atoms with E-state index in [0.29, 0.717) is 5.92 Å². The highest BCUT2D eigenvalue weighted by Gasteiger charge is 2.28. The van der Waals surface area contributed by atoms with Gasteiger partial charge in [0.15, 0.2) is 0 Å². The molecule has 0 bridgehead atoms. The van der Waals surface area contributed by atoms with Crippen molar-refractivity contribution in [1.29, 1.82) is 0 Å². The second kappa shape index (κ2) is 7.04. The Labute approximate surface area is 117 Å². The molecule has 0 amide bonds. The van der Waals surface area contributed by atoms with Crippen molar-refractivity contribution in [3.8, 4) is 0 Å². The van der Waals surface area contributed by atoms with Crippen molar-refractivity contribution in [2.45, 2.75) is 47.5 Å². The SMILES string of the molecule is CCCNCC(C)(Cc1cc(F)ccc1C)C(C)C. The Hall–Kier alpha value is -0.890. The standard InChI is InChI=1S/C17H28FN/c1-6-9-19-12-17(5,13(2)3)11-15-10-16(18)8-7-14(15)4/h7-8,10,13,19H,6,9,11-12H2,1-5H3. The maximum absolute atomic E-state index is 13.4. The molecular weight excluding hydrogens is 237 g/mol. The lowest BCUT2D eigenvalue weighted by atomic mass is 9.73. The predicted molar refractivity (Wildman–Crippen MR) is 80.9 cm³/mol. The lowest BCUT2D eigenvalue weighted by Gasteiger charge is -2.35. The Morgan fingerprint density at radius 2 is 2.00 bits per heavy atom. The zero-order chi connectivity index (χ0) is 14.5. The molecule has 1 atom stereocenters. The fourth-order valence-electron chi connectivity index (χ4n) is 2.29. The van der Waals surface area contributed by atoms with Gasteiger partial charge in [-0.05, 0) is 60.9 Å². The lowest BCUT2D eigenvalue weighted by molar-refractivity contribution is 0.207. The van der Waals surface area contributed by atoms with Gasteiger partial charge in [-0.25, -0.2) is 4.39 Å². The monoisotopic (exact) mass is 265 g/mol. The van der Waals surface area contributed by atoms with Gasteiger partial charge in [0.05, 0.1) is 0 Å². The van der Waals surface area contributed by atoms with Crippen LogP contribution in [0.5, 0.6) is 0 Å². The topological polar surface area (TPSA) is 12.0 Å². The van der Waals surface area contributed by atoms with Gasteiger partial charge in [-0.1, -0.05) is 33.8 Å². The third kappa shape index (κ3) is 4.61. The van der Waals surface area contributed by atoms with E-state index in [1.165, 1.54) is 5.56 Å². The molecule has 0 fully saturated rings. The first-order valence-corrected chi connectivity index (χ1v) is 7.35. The van der Waals surface area contributed by atoms with E-state index in [4.69, 9.17) is 0 Å². The molecule has 1 aromatic rings. The summed E-state index contributed by atoms with van der Waals surface area (Å²) in [6, 6.07) is 5.11. The molecule has 1 rings (SSSR count). The average molecular weight is 265 g/mol. The fourth-order valence-corrected chi connectivity index (χ4v) is 2.29. The van der Waals surface area contributed by atoms with Crippen molar-refractivity contribution in [3.63, 3.8) is 0 Å². The third-order valence-corrected chi connectivity index (χ3v) is 4.25. The highest BCUT2D eigenvalue weighted by Crippen LogP contribution is 2.32. The van der Waals surface area contributed by atoms with E-state index < -0.39 is 0 Å².